The highest BCUT2D eigenvalue weighted by Crippen LogP contribution is 2.21. The van der Waals surface area contributed by atoms with Gasteiger partial charge in [0.15, 0.2) is 11.2 Å². The zero-order chi connectivity index (χ0) is 10.8. The number of rotatable bonds is 3. The van der Waals surface area contributed by atoms with Gasteiger partial charge >= 0.3 is 0 Å². The van der Waals surface area contributed by atoms with Crippen LogP contribution < -0.4 is 0 Å². The first-order valence-electron chi connectivity index (χ1n) is 4.70. The molecule has 1 N–H and O–H groups in total. The summed E-state index contributed by atoms with van der Waals surface area (Å²) >= 11 is 0. The summed E-state index contributed by atoms with van der Waals surface area (Å²) in [6, 6.07) is 1.37. The van der Waals surface area contributed by atoms with Gasteiger partial charge < -0.3 is 4.98 Å². The lowest BCUT2D eigenvalue weighted by molar-refractivity contribution is -0.383. The third kappa shape index (κ3) is 1.65. The van der Waals surface area contributed by atoms with E-state index in [2.05, 4.69) is 15.0 Å². The molecule has 78 valence electrons. The number of aryl methyl sites for hydroxylation is 1. The van der Waals surface area contributed by atoms with Gasteiger partial charge in [0.05, 0.1) is 4.92 Å². The van der Waals surface area contributed by atoms with E-state index in [9.17, 15) is 10.1 Å². The molecule has 0 fully saturated rings. The number of hydrogen-bond donors (Lipinski definition) is 1. The van der Waals surface area contributed by atoms with E-state index < -0.39 is 4.92 Å². The molecule has 0 atom stereocenters. The molecule has 0 saturated heterocycles. The predicted octanol–water partition coefficient (Wildman–Crippen LogP) is 1.82. The molecule has 2 aromatic heterocycles. The van der Waals surface area contributed by atoms with E-state index in [4.69, 9.17) is 0 Å². The Morgan fingerprint density at radius 1 is 1.60 bits per heavy atom. The fourth-order valence-electron chi connectivity index (χ4n) is 1.45. The number of imidazole rings is 1. The molecule has 0 unspecified atom stereocenters. The van der Waals surface area contributed by atoms with Crippen molar-refractivity contribution < 1.29 is 4.92 Å². The lowest BCUT2D eigenvalue weighted by atomic mass is 10.3. The number of fused-ring (bicyclic) bond motifs is 1. The zero-order valence-electron chi connectivity index (χ0n) is 8.23. The second-order valence-electron chi connectivity index (χ2n) is 3.22. The van der Waals surface area contributed by atoms with Crippen molar-refractivity contribution in [1.29, 1.82) is 0 Å². The van der Waals surface area contributed by atoms with Crippen LogP contribution in [0.3, 0.4) is 0 Å². The molecule has 0 saturated carbocycles. The Balaban J connectivity index is 2.59. The first-order chi connectivity index (χ1) is 7.22. The van der Waals surface area contributed by atoms with E-state index in [0.717, 1.165) is 18.7 Å². The molecule has 6 nitrogen and oxygen atoms in total. The summed E-state index contributed by atoms with van der Waals surface area (Å²) in [6.45, 7) is 2.02. The molecule has 0 aliphatic rings. The van der Waals surface area contributed by atoms with Crippen LogP contribution in [0.5, 0.6) is 0 Å². The van der Waals surface area contributed by atoms with E-state index in [1.54, 1.807) is 0 Å². The Kier molecular flexibility index (Phi) is 2.32. The van der Waals surface area contributed by atoms with Crippen LogP contribution >= 0.6 is 0 Å². The number of nitro groups is 1. The summed E-state index contributed by atoms with van der Waals surface area (Å²) in [5.74, 6) is 0.745. The normalized spacial score (nSPS) is 10.7. The van der Waals surface area contributed by atoms with Gasteiger partial charge in [-0.15, -0.1) is 0 Å². The van der Waals surface area contributed by atoms with E-state index in [1.807, 2.05) is 6.92 Å². The van der Waals surface area contributed by atoms with Gasteiger partial charge in [0.25, 0.3) is 5.69 Å². The Hall–Kier alpha value is -1.98. The van der Waals surface area contributed by atoms with Gasteiger partial charge in [0.2, 0.25) is 0 Å². The topological polar surface area (TPSA) is 84.7 Å². The fraction of sp³-hybridized carbons (Fsp3) is 0.333. The summed E-state index contributed by atoms with van der Waals surface area (Å²) in [6.07, 6.45) is 3.11. The predicted molar refractivity (Wildman–Crippen MR) is 54.5 cm³/mol. The molecule has 6 heteroatoms. The summed E-state index contributed by atoms with van der Waals surface area (Å²) in [5, 5.41) is 10.7. The average molecular weight is 206 g/mol. The highest BCUT2D eigenvalue weighted by molar-refractivity contribution is 5.80. The van der Waals surface area contributed by atoms with Crippen LogP contribution in [-0.2, 0) is 6.42 Å². The minimum atomic E-state index is -0.433. The third-order valence-electron chi connectivity index (χ3n) is 2.10. The average Bonchev–Trinajstić information content (AvgIpc) is 2.59. The first kappa shape index (κ1) is 9.57. The van der Waals surface area contributed by atoms with Crippen LogP contribution in [0.1, 0.15) is 19.2 Å². The van der Waals surface area contributed by atoms with Crippen molar-refractivity contribution >= 4 is 16.9 Å². The highest BCUT2D eigenvalue weighted by atomic mass is 16.6. The van der Waals surface area contributed by atoms with Gasteiger partial charge in [0, 0.05) is 18.7 Å². The maximum Gasteiger partial charge on any atom is 0.298 e. The molecule has 0 aliphatic heterocycles. The minimum Gasteiger partial charge on any atom is -0.335 e. The molecular formula is C9H10N4O2. The Morgan fingerprint density at radius 2 is 2.40 bits per heavy atom. The molecule has 2 aromatic rings. The highest BCUT2D eigenvalue weighted by Gasteiger charge is 2.15. The van der Waals surface area contributed by atoms with Crippen molar-refractivity contribution in [3.05, 3.63) is 28.2 Å². The van der Waals surface area contributed by atoms with E-state index >= 15 is 0 Å². The smallest absolute Gasteiger partial charge is 0.298 e. The van der Waals surface area contributed by atoms with Gasteiger partial charge in [-0.2, -0.15) is 0 Å². The Bertz CT molecular complexity index is 506. The fourth-order valence-corrected chi connectivity index (χ4v) is 1.45. The summed E-state index contributed by atoms with van der Waals surface area (Å²) in [7, 11) is 0. The van der Waals surface area contributed by atoms with E-state index in [-0.39, 0.29) is 5.69 Å². The van der Waals surface area contributed by atoms with E-state index in [0.29, 0.717) is 11.2 Å². The number of nitrogens with zero attached hydrogens (tertiary/aromatic N) is 3. The Morgan fingerprint density at radius 3 is 3.07 bits per heavy atom. The van der Waals surface area contributed by atoms with Gasteiger partial charge in [-0.25, -0.2) is 9.97 Å². The zero-order valence-corrected chi connectivity index (χ0v) is 8.23. The van der Waals surface area contributed by atoms with E-state index in [1.165, 1.54) is 12.3 Å². The van der Waals surface area contributed by atoms with Gasteiger partial charge in [0.1, 0.15) is 5.82 Å². The van der Waals surface area contributed by atoms with Crippen molar-refractivity contribution in [1.82, 2.24) is 15.0 Å². The van der Waals surface area contributed by atoms with Crippen molar-refractivity contribution in [2.45, 2.75) is 19.8 Å². The molecule has 2 heterocycles. The van der Waals surface area contributed by atoms with Crippen molar-refractivity contribution in [3.8, 4) is 0 Å². The first-order valence-corrected chi connectivity index (χ1v) is 4.70. The van der Waals surface area contributed by atoms with Crippen LogP contribution in [0.2, 0.25) is 0 Å². The number of aromatic nitrogens is 3. The molecule has 15 heavy (non-hydrogen) atoms. The summed E-state index contributed by atoms with van der Waals surface area (Å²) in [4.78, 5) is 21.4. The second-order valence-corrected chi connectivity index (χ2v) is 3.22. The van der Waals surface area contributed by atoms with Crippen LogP contribution in [0.4, 0.5) is 5.69 Å². The molecular weight excluding hydrogens is 196 g/mol. The standard InChI is InChI=1S/C9H10N4O2/c1-2-3-7-11-8-6(13(14)15)4-5-10-9(8)12-7/h4-5H,2-3H2,1H3,(H,10,11,12). The SMILES string of the molecule is CCCc1nc2nccc([N+](=O)[O-])c2[nH]1. The quantitative estimate of drug-likeness (QED) is 0.613. The second kappa shape index (κ2) is 3.64. The number of H-pyrrole nitrogens is 1. The summed E-state index contributed by atoms with van der Waals surface area (Å²) < 4.78 is 0. The molecule has 0 radical (unpaired) electrons. The largest absolute Gasteiger partial charge is 0.335 e. The number of nitrogens with one attached hydrogen (secondary N) is 1. The molecule has 0 aromatic carbocycles. The minimum absolute atomic E-state index is 0.0230. The Labute approximate surface area is 85.5 Å². The number of aromatic amines is 1. The molecule has 2 rings (SSSR count). The van der Waals surface area contributed by atoms with Crippen molar-refractivity contribution in [2.75, 3.05) is 0 Å². The van der Waals surface area contributed by atoms with Crippen LogP contribution in [0.25, 0.3) is 11.2 Å². The lowest BCUT2D eigenvalue weighted by Gasteiger charge is -1.90. The number of pyridine rings is 1. The van der Waals surface area contributed by atoms with Crippen LogP contribution in [0.15, 0.2) is 12.3 Å². The summed E-state index contributed by atoms with van der Waals surface area (Å²) in [5.41, 5.74) is 0.841. The van der Waals surface area contributed by atoms with Crippen molar-refractivity contribution in [3.63, 3.8) is 0 Å². The lowest BCUT2D eigenvalue weighted by Crippen LogP contribution is -1.90. The molecule has 0 aliphatic carbocycles. The van der Waals surface area contributed by atoms with Crippen LogP contribution in [0, 0.1) is 10.1 Å². The van der Waals surface area contributed by atoms with Gasteiger partial charge in [-0.1, -0.05) is 6.92 Å². The third-order valence-corrected chi connectivity index (χ3v) is 2.10. The molecule has 0 amide bonds. The van der Waals surface area contributed by atoms with Gasteiger partial charge in [-0.05, 0) is 6.42 Å². The van der Waals surface area contributed by atoms with Crippen molar-refractivity contribution in [2.24, 2.45) is 0 Å². The van der Waals surface area contributed by atoms with Crippen LogP contribution in [-0.4, -0.2) is 19.9 Å². The maximum absolute atomic E-state index is 10.7. The maximum atomic E-state index is 10.7. The molecule has 0 bridgehead atoms. The number of hydrogen-bond acceptors (Lipinski definition) is 4. The monoisotopic (exact) mass is 206 g/mol. The van der Waals surface area contributed by atoms with Gasteiger partial charge in [-0.3, -0.25) is 10.1 Å². The molecule has 0 spiro atoms.